The summed E-state index contributed by atoms with van der Waals surface area (Å²) in [7, 11) is -0.313. The van der Waals surface area contributed by atoms with E-state index in [1.807, 2.05) is 27.7 Å². The van der Waals surface area contributed by atoms with Gasteiger partial charge in [0.2, 0.25) is 10.0 Å². The molecule has 0 aliphatic heterocycles. The van der Waals surface area contributed by atoms with Crippen molar-refractivity contribution in [3.63, 3.8) is 0 Å². The minimum atomic E-state index is -3.58. The Hall–Kier alpha value is -1.40. The minimum Gasteiger partial charge on any atom is -0.341 e. The van der Waals surface area contributed by atoms with E-state index in [2.05, 4.69) is 0 Å². The molecule has 124 valence electrons. The largest absolute Gasteiger partial charge is 0.341 e. The third kappa shape index (κ3) is 4.30. The van der Waals surface area contributed by atoms with Crippen molar-refractivity contribution in [1.29, 1.82) is 0 Å². The van der Waals surface area contributed by atoms with E-state index in [-0.39, 0.29) is 16.8 Å². The molecular weight excluding hydrogens is 300 g/mol. The lowest BCUT2D eigenvalue weighted by atomic mass is 10.1. The predicted octanol–water partition coefficient (Wildman–Crippen LogP) is 2.44. The van der Waals surface area contributed by atoms with Crippen LogP contribution in [0.1, 0.15) is 38.1 Å². The van der Waals surface area contributed by atoms with Gasteiger partial charge in [-0.2, -0.15) is 4.31 Å². The topological polar surface area (TPSA) is 57.7 Å². The van der Waals surface area contributed by atoms with E-state index in [4.69, 9.17) is 0 Å². The molecule has 5 nitrogen and oxygen atoms in total. The van der Waals surface area contributed by atoms with E-state index in [9.17, 15) is 13.2 Å². The molecule has 0 fully saturated rings. The Morgan fingerprint density at radius 1 is 1.14 bits per heavy atom. The lowest BCUT2D eigenvalue weighted by Crippen LogP contribution is -2.33. The van der Waals surface area contributed by atoms with Crippen LogP contribution in [0.4, 0.5) is 0 Å². The van der Waals surface area contributed by atoms with Gasteiger partial charge in [-0.1, -0.05) is 19.9 Å². The van der Waals surface area contributed by atoms with Gasteiger partial charge in [-0.25, -0.2) is 8.42 Å². The fourth-order valence-corrected chi connectivity index (χ4v) is 3.50. The zero-order chi connectivity index (χ0) is 17.1. The molecule has 6 heteroatoms. The SMILES string of the molecule is CC(C)CN(C)C(=O)c1cccc(S(=O)(=O)N(C)C(C)C)c1. The highest BCUT2D eigenvalue weighted by Crippen LogP contribution is 2.18. The number of rotatable bonds is 6. The van der Waals surface area contributed by atoms with Crippen molar-refractivity contribution < 1.29 is 13.2 Å². The van der Waals surface area contributed by atoms with Crippen molar-refractivity contribution in [1.82, 2.24) is 9.21 Å². The number of carbonyl (C=O) groups is 1. The van der Waals surface area contributed by atoms with Gasteiger partial charge in [0, 0.05) is 32.2 Å². The van der Waals surface area contributed by atoms with Crippen LogP contribution in [-0.2, 0) is 10.0 Å². The molecule has 0 saturated heterocycles. The van der Waals surface area contributed by atoms with E-state index in [0.717, 1.165) is 0 Å². The molecule has 0 bridgehead atoms. The summed E-state index contributed by atoms with van der Waals surface area (Å²) in [6.07, 6.45) is 0. The third-order valence-electron chi connectivity index (χ3n) is 3.47. The predicted molar refractivity (Wildman–Crippen MR) is 88.3 cm³/mol. The second-order valence-corrected chi connectivity index (χ2v) is 8.22. The molecule has 0 saturated carbocycles. The Morgan fingerprint density at radius 3 is 2.23 bits per heavy atom. The van der Waals surface area contributed by atoms with Crippen molar-refractivity contribution in [2.75, 3.05) is 20.6 Å². The molecular formula is C16H26N2O3S. The molecule has 0 radical (unpaired) electrons. The average Bonchev–Trinajstić information content (AvgIpc) is 2.44. The third-order valence-corrected chi connectivity index (χ3v) is 5.50. The summed E-state index contributed by atoms with van der Waals surface area (Å²) >= 11 is 0. The van der Waals surface area contributed by atoms with Crippen molar-refractivity contribution in [3.05, 3.63) is 29.8 Å². The Bertz CT molecular complexity index is 624. The zero-order valence-corrected chi connectivity index (χ0v) is 15.0. The molecule has 0 heterocycles. The number of amides is 1. The first-order valence-corrected chi connectivity index (χ1v) is 8.85. The van der Waals surface area contributed by atoms with Gasteiger partial charge in [0.15, 0.2) is 0 Å². The minimum absolute atomic E-state index is 0.145. The first kappa shape index (κ1) is 18.6. The smallest absolute Gasteiger partial charge is 0.253 e. The maximum Gasteiger partial charge on any atom is 0.253 e. The first-order chi connectivity index (χ1) is 10.1. The molecule has 22 heavy (non-hydrogen) atoms. The molecule has 1 aromatic rings. The van der Waals surface area contributed by atoms with Gasteiger partial charge in [0.25, 0.3) is 5.91 Å². The molecule has 1 aromatic carbocycles. The van der Waals surface area contributed by atoms with Gasteiger partial charge in [0.1, 0.15) is 0 Å². The second kappa shape index (κ2) is 7.24. The number of benzene rings is 1. The van der Waals surface area contributed by atoms with Gasteiger partial charge in [-0.15, -0.1) is 0 Å². The summed E-state index contributed by atoms with van der Waals surface area (Å²) in [5.41, 5.74) is 0.390. The van der Waals surface area contributed by atoms with Crippen LogP contribution >= 0.6 is 0 Å². The lowest BCUT2D eigenvalue weighted by Gasteiger charge is -2.22. The van der Waals surface area contributed by atoms with E-state index in [1.54, 1.807) is 31.1 Å². The molecule has 1 amide bonds. The zero-order valence-electron chi connectivity index (χ0n) is 14.2. The lowest BCUT2D eigenvalue weighted by molar-refractivity contribution is 0.0779. The molecule has 0 unspecified atom stereocenters. The van der Waals surface area contributed by atoms with Gasteiger partial charge >= 0.3 is 0 Å². The van der Waals surface area contributed by atoms with Crippen LogP contribution in [0.3, 0.4) is 0 Å². The molecule has 0 spiro atoms. The van der Waals surface area contributed by atoms with E-state index >= 15 is 0 Å². The summed E-state index contributed by atoms with van der Waals surface area (Å²) in [4.78, 5) is 14.1. The Labute approximate surface area is 134 Å². The van der Waals surface area contributed by atoms with Crippen molar-refractivity contribution in [2.45, 2.75) is 38.6 Å². The quantitative estimate of drug-likeness (QED) is 0.807. The summed E-state index contributed by atoms with van der Waals surface area (Å²) in [6, 6.07) is 6.08. The molecule has 1 rings (SSSR count). The maximum atomic E-state index is 12.5. The van der Waals surface area contributed by atoms with Gasteiger partial charge in [-0.3, -0.25) is 4.79 Å². The summed E-state index contributed by atoms with van der Waals surface area (Å²) in [5, 5.41) is 0. The Balaban J connectivity index is 3.12. The van der Waals surface area contributed by atoms with Crippen LogP contribution in [-0.4, -0.2) is 50.2 Å². The molecule has 0 atom stereocenters. The first-order valence-electron chi connectivity index (χ1n) is 7.41. The Kier molecular flexibility index (Phi) is 6.14. The summed E-state index contributed by atoms with van der Waals surface area (Å²) in [5.74, 6) is 0.186. The number of carbonyl (C=O) groups excluding carboxylic acids is 1. The average molecular weight is 326 g/mol. The second-order valence-electron chi connectivity index (χ2n) is 6.22. The highest BCUT2D eigenvalue weighted by atomic mass is 32.2. The van der Waals surface area contributed by atoms with Crippen LogP contribution in [0.5, 0.6) is 0 Å². The summed E-state index contributed by atoms with van der Waals surface area (Å²) in [6.45, 7) is 8.30. The van der Waals surface area contributed by atoms with Gasteiger partial charge in [0.05, 0.1) is 4.90 Å². The number of nitrogens with zero attached hydrogens (tertiary/aromatic N) is 2. The number of hydrogen-bond donors (Lipinski definition) is 0. The van der Waals surface area contributed by atoms with Gasteiger partial charge in [-0.05, 0) is 38.0 Å². The van der Waals surface area contributed by atoms with Crippen LogP contribution in [0.25, 0.3) is 0 Å². The van der Waals surface area contributed by atoms with Gasteiger partial charge < -0.3 is 4.90 Å². The highest BCUT2D eigenvalue weighted by molar-refractivity contribution is 7.89. The molecule has 0 aliphatic carbocycles. The van der Waals surface area contributed by atoms with Crippen molar-refractivity contribution in [3.8, 4) is 0 Å². The van der Waals surface area contributed by atoms with Crippen molar-refractivity contribution >= 4 is 15.9 Å². The standard InChI is InChI=1S/C16H26N2O3S/c1-12(2)11-17(5)16(19)14-8-7-9-15(10-14)22(20,21)18(6)13(3)4/h7-10,12-13H,11H2,1-6H3. The molecule has 0 aromatic heterocycles. The van der Waals surface area contributed by atoms with E-state index in [0.29, 0.717) is 18.0 Å². The highest BCUT2D eigenvalue weighted by Gasteiger charge is 2.24. The normalized spacial score (nSPS) is 12.2. The molecule has 0 aliphatic rings. The van der Waals surface area contributed by atoms with Crippen LogP contribution in [0, 0.1) is 5.92 Å². The van der Waals surface area contributed by atoms with Crippen LogP contribution < -0.4 is 0 Å². The fraction of sp³-hybridized carbons (Fsp3) is 0.562. The maximum absolute atomic E-state index is 12.5. The van der Waals surface area contributed by atoms with Crippen molar-refractivity contribution in [2.24, 2.45) is 5.92 Å². The summed E-state index contributed by atoms with van der Waals surface area (Å²) < 4.78 is 26.3. The van der Waals surface area contributed by atoms with E-state index in [1.165, 1.54) is 16.4 Å². The monoisotopic (exact) mass is 326 g/mol. The fourth-order valence-electron chi connectivity index (χ4n) is 2.08. The van der Waals surface area contributed by atoms with E-state index < -0.39 is 10.0 Å². The van der Waals surface area contributed by atoms with Crippen LogP contribution in [0.15, 0.2) is 29.2 Å². The number of hydrogen-bond acceptors (Lipinski definition) is 3. The van der Waals surface area contributed by atoms with Crippen LogP contribution in [0.2, 0.25) is 0 Å². The number of sulfonamides is 1. The molecule has 0 N–H and O–H groups in total. The Morgan fingerprint density at radius 2 is 1.73 bits per heavy atom.